The molecule has 0 fully saturated rings. The van der Waals surface area contributed by atoms with Gasteiger partial charge in [-0.3, -0.25) is 0 Å². The van der Waals surface area contributed by atoms with Crippen LogP contribution in [0.5, 0.6) is 5.88 Å². The van der Waals surface area contributed by atoms with Gasteiger partial charge in [0.15, 0.2) is 17.2 Å². The molecule has 0 bridgehead atoms. The number of aryl methyl sites for hydroxylation is 2. The van der Waals surface area contributed by atoms with Crippen molar-refractivity contribution in [2.24, 2.45) is 0 Å². The fraction of sp³-hybridized carbons (Fsp3) is 0.222. The summed E-state index contributed by atoms with van der Waals surface area (Å²) in [6.45, 7) is 3.11. The number of aromatic nitrogens is 5. The third kappa shape index (κ3) is 3.86. The lowest BCUT2D eigenvalue weighted by molar-refractivity contribution is 0.306. The monoisotopic (exact) mass is 432 g/mol. The molecule has 4 rings (SSSR count). The van der Waals surface area contributed by atoms with E-state index in [4.69, 9.17) is 9.26 Å². The number of fused-ring (bicyclic) bond motifs is 1. The third-order valence-corrected chi connectivity index (χ3v) is 5.91. The lowest BCUT2D eigenvalue weighted by Crippen LogP contribution is -2.29. The van der Waals surface area contributed by atoms with E-state index in [0.717, 1.165) is 0 Å². The molecule has 0 amide bonds. The van der Waals surface area contributed by atoms with Crippen LogP contribution in [-0.4, -0.2) is 46.5 Å². The van der Waals surface area contributed by atoms with Crippen LogP contribution in [0.2, 0.25) is 0 Å². The molecule has 156 valence electrons. The number of rotatable bonds is 7. The summed E-state index contributed by atoms with van der Waals surface area (Å²) in [6.07, 6.45) is 0. The number of hydrogen-bond acceptors (Lipinski definition) is 8. The quantitative estimate of drug-likeness (QED) is 0.439. The molecule has 0 aliphatic rings. The number of nitrogens with zero attached hydrogens (tertiary/aromatic N) is 5. The van der Waals surface area contributed by atoms with E-state index in [0.29, 0.717) is 17.0 Å². The van der Waals surface area contributed by atoms with Gasteiger partial charge in [-0.2, -0.15) is 4.52 Å². The Labute approximate surface area is 170 Å². The Morgan fingerprint density at radius 1 is 1.20 bits per heavy atom. The Kier molecular flexibility index (Phi) is 5.18. The van der Waals surface area contributed by atoms with Gasteiger partial charge in [0.25, 0.3) is 0 Å². The van der Waals surface area contributed by atoms with Crippen LogP contribution in [0.1, 0.15) is 11.5 Å². The molecule has 0 saturated heterocycles. The van der Waals surface area contributed by atoms with Crippen LogP contribution >= 0.6 is 0 Å². The summed E-state index contributed by atoms with van der Waals surface area (Å²) < 4.78 is 52.6. The van der Waals surface area contributed by atoms with Gasteiger partial charge in [0, 0.05) is 18.2 Å². The zero-order valence-corrected chi connectivity index (χ0v) is 16.9. The third-order valence-electron chi connectivity index (χ3n) is 4.20. The first-order valence-electron chi connectivity index (χ1n) is 8.89. The summed E-state index contributed by atoms with van der Waals surface area (Å²) in [4.78, 5) is 0.0197. The zero-order valence-electron chi connectivity index (χ0n) is 16.0. The fourth-order valence-corrected chi connectivity index (χ4v) is 4.26. The van der Waals surface area contributed by atoms with Crippen molar-refractivity contribution in [3.05, 3.63) is 53.7 Å². The van der Waals surface area contributed by atoms with Gasteiger partial charge < -0.3 is 9.26 Å². The molecule has 4 aromatic rings. The first-order chi connectivity index (χ1) is 14.3. The summed E-state index contributed by atoms with van der Waals surface area (Å²) >= 11 is 0. The minimum absolute atomic E-state index is 0.00500. The maximum absolute atomic E-state index is 13.5. The van der Waals surface area contributed by atoms with E-state index >= 15 is 0 Å². The van der Waals surface area contributed by atoms with Gasteiger partial charge in [-0.15, -0.1) is 15.3 Å². The molecule has 0 aliphatic carbocycles. The average molecular weight is 432 g/mol. The van der Waals surface area contributed by atoms with E-state index in [2.05, 4.69) is 25.2 Å². The van der Waals surface area contributed by atoms with E-state index in [-0.39, 0.29) is 35.4 Å². The number of nitrogens with one attached hydrogen (secondary N) is 1. The van der Waals surface area contributed by atoms with Gasteiger partial charge in [0.2, 0.25) is 15.9 Å². The molecule has 0 radical (unpaired) electrons. The molecule has 0 saturated carbocycles. The highest BCUT2D eigenvalue weighted by Crippen LogP contribution is 2.20. The predicted octanol–water partition coefficient (Wildman–Crippen LogP) is 1.89. The molecule has 0 unspecified atom stereocenters. The summed E-state index contributed by atoms with van der Waals surface area (Å²) in [6, 6.07) is 9.15. The normalized spacial score (nSPS) is 11.8. The van der Waals surface area contributed by atoms with Crippen molar-refractivity contribution in [2.45, 2.75) is 18.7 Å². The molecular formula is C18H17FN6O4S. The highest BCUT2D eigenvalue weighted by molar-refractivity contribution is 7.89. The second-order valence-corrected chi connectivity index (χ2v) is 8.08. The van der Waals surface area contributed by atoms with Gasteiger partial charge in [-0.1, -0.05) is 17.3 Å². The van der Waals surface area contributed by atoms with Crippen LogP contribution in [0.25, 0.3) is 17.0 Å². The Hall–Kier alpha value is -3.38. The van der Waals surface area contributed by atoms with Crippen molar-refractivity contribution >= 4 is 15.7 Å². The molecule has 0 atom stereocenters. The number of sulfonamides is 1. The van der Waals surface area contributed by atoms with Crippen molar-refractivity contribution in [3.63, 3.8) is 0 Å². The summed E-state index contributed by atoms with van der Waals surface area (Å²) in [5.41, 5.74) is 1.26. The van der Waals surface area contributed by atoms with Gasteiger partial charge >= 0.3 is 0 Å². The standard InChI is InChI=1S/C18H17FN6O4S/c1-11-17(12(2)29-24-11)30(26,27)20-8-9-28-16-7-6-15-21-22-18(25(15)23-16)13-4-3-5-14(19)10-13/h3-7,10,20H,8-9H2,1-2H3. The molecule has 1 N–H and O–H groups in total. The van der Waals surface area contributed by atoms with E-state index in [9.17, 15) is 12.8 Å². The molecule has 0 spiro atoms. The van der Waals surface area contributed by atoms with Crippen LogP contribution in [0.3, 0.4) is 0 Å². The maximum atomic E-state index is 13.5. The SMILES string of the molecule is Cc1noc(C)c1S(=O)(=O)NCCOc1ccc2nnc(-c3cccc(F)c3)n2n1. The van der Waals surface area contributed by atoms with Crippen LogP contribution < -0.4 is 9.46 Å². The van der Waals surface area contributed by atoms with Gasteiger partial charge in [-0.25, -0.2) is 17.5 Å². The largest absolute Gasteiger partial charge is 0.475 e. The molecule has 10 nitrogen and oxygen atoms in total. The Bertz CT molecular complexity index is 1300. The minimum atomic E-state index is -3.77. The van der Waals surface area contributed by atoms with Crippen LogP contribution in [0.15, 0.2) is 45.8 Å². The predicted molar refractivity (Wildman–Crippen MR) is 103 cm³/mol. The van der Waals surface area contributed by atoms with Gasteiger partial charge in [0.1, 0.15) is 23.0 Å². The van der Waals surface area contributed by atoms with E-state index in [1.54, 1.807) is 31.2 Å². The van der Waals surface area contributed by atoms with Crippen LogP contribution in [-0.2, 0) is 10.0 Å². The van der Waals surface area contributed by atoms with Crippen LogP contribution in [0.4, 0.5) is 4.39 Å². The number of benzene rings is 1. The summed E-state index contributed by atoms with van der Waals surface area (Å²) in [7, 11) is -3.77. The van der Waals surface area contributed by atoms with Crippen molar-refractivity contribution < 1.29 is 22.1 Å². The lowest BCUT2D eigenvalue weighted by Gasteiger charge is -2.08. The molecule has 3 heterocycles. The second-order valence-electron chi connectivity index (χ2n) is 6.38. The van der Waals surface area contributed by atoms with Crippen molar-refractivity contribution in [1.29, 1.82) is 0 Å². The topological polar surface area (TPSA) is 125 Å². The molecule has 0 aliphatic heterocycles. The first kappa shape index (κ1) is 19.9. The van der Waals surface area contributed by atoms with Crippen molar-refractivity contribution in [3.8, 4) is 17.3 Å². The Balaban J connectivity index is 1.45. The molecule has 3 aromatic heterocycles. The number of hydrogen-bond donors (Lipinski definition) is 1. The Morgan fingerprint density at radius 3 is 2.77 bits per heavy atom. The van der Waals surface area contributed by atoms with Gasteiger partial charge in [0.05, 0.1) is 0 Å². The second kappa shape index (κ2) is 7.80. The number of halogens is 1. The molecular weight excluding hydrogens is 415 g/mol. The molecule has 1 aromatic carbocycles. The molecule has 30 heavy (non-hydrogen) atoms. The Morgan fingerprint density at radius 2 is 2.03 bits per heavy atom. The fourth-order valence-electron chi connectivity index (χ4n) is 2.92. The van der Waals surface area contributed by atoms with E-state index in [1.807, 2.05) is 0 Å². The zero-order chi connectivity index (χ0) is 21.3. The smallest absolute Gasteiger partial charge is 0.246 e. The van der Waals surface area contributed by atoms with Crippen molar-refractivity contribution in [2.75, 3.05) is 13.2 Å². The maximum Gasteiger partial charge on any atom is 0.246 e. The lowest BCUT2D eigenvalue weighted by atomic mass is 10.2. The highest BCUT2D eigenvalue weighted by atomic mass is 32.2. The van der Waals surface area contributed by atoms with E-state index < -0.39 is 15.8 Å². The molecule has 12 heteroatoms. The average Bonchev–Trinajstić information content (AvgIpc) is 3.28. The van der Waals surface area contributed by atoms with Crippen LogP contribution in [0, 0.1) is 19.7 Å². The van der Waals surface area contributed by atoms with Crippen molar-refractivity contribution in [1.82, 2.24) is 29.7 Å². The first-order valence-corrected chi connectivity index (χ1v) is 10.4. The minimum Gasteiger partial charge on any atom is -0.475 e. The number of ether oxygens (including phenoxy) is 1. The highest BCUT2D eigenvalue weighted by Gasteiger charge is 2.23. The summed E-state index contributed by atoms with van der Waals surface area (Å²) in [5.74, 6) is 0.401. The van der Waals surface area contributed by atoms with Gasteiger partial charge in [-0.05, 0) is 32.0 Å². The summed E-state index contributed by atoms with van der Waals surface area (Å²) in [5, 5.41) is 16.0. The van der Waals surface area contributed by atoms with E-state index in [1.165, 1.54) is 23.6 Å².